The van der Waals surface area contributed by atoms with E-state index in [9.17, 15) is 9.18 Å². The number of halogens is 2. The summed E-state index contributed by atoms with van der Waals surface area (Å²) in [5.41, 5.74) is 1.44. The predicted octanol–water partition coefficient (Wildman–Crippen LogP) is 3.17. The van der Waals surface area contributed by atoms with Crippen LogP contribution in [0.15, 0.2) is 24.3 Å². The number of carbonyl (C=O) groups excluding carboxylic acids is 1. The van der Waals surface area contributed by atoms with E-state index in [0.717, 1.165) is 37.7 Å². The number of ether oxygens (including phenoxy) is 1. The normalized spacial score (nSPS) is 19.0. The molecular weight excluding hydrogens is 373 g/mol. The summed E-state index contributed by atoms with van der Waals surface area (Å²) in [6, 6.07) is 5.85. The number of fused-ring (bicyclic) bond motifs is 1. The van der Waals surface area contributed by atoms with Crippen molar-refractivity contribution in [2.45, 2.75) is 19.5 Å². The Balaban J connectivity index is 1.35. The molecule has 0 radical (unpaired) electrons. The fourth-order valence-electron chi connectivity index (χ4n) is 3.30. The minimum Gasteiger partial charge on any atom is -0.381 e. The quantitative estimate of drug-likeness (QED) is 0.837. The Labute approximate surface area is 161 Å². The van der Waals surface area contributed by atoms with Crippen molar-refractivity contribution in [3.8, 4) is 0 Å². The van der Waals surface area contributed by atoms with E-state index in [0.29, 0.717) is 31.2 Å². The van der Waals surface area contributed by atoms with E-state index in [4.69, 9.17) is 16.3 Å². The van der Waals surface area contributed by atoms with Gasteiger partial charge in [0.25, 0.3) is 0 Å². The molecule has 2 N–H and O–H groups in total. The molecule has 7 nitrogen and oxygen atoms in total. The Kier molecular flexibility index (Phi) is 5.18. The third kappa shape index (κ3) is 4.17. The number of benzene rings is 1. The highest BCUT2D eigenvalue weighted by molar-refractivity contribution is 6.31. The lowest BCUT2D eigenvalue weighted by Gasteiger charge is -2.27. The second kappa shape index (κ2) is 7.74. The maximum atomic E-state index is 13.2. The van der Waals surface area contributed by atoms with Crippen LogP contribution in [-0.4, -0.2) is 47.0 Å². The van der Waals surface area contributed by atoms with Gasteiger partial charge >= 0.3 is 6.03 Å². The first-order valence-corrected chi connectivity index (χ1v) is 9.35. The van der Waals surface area contributed by atoms with Crippen molar-refractivity contribution in [1.82, 2.24) is 14.7 Å². The number of rotatable bonds is 4. The molecular formula is C18H21ClFN5O2. The zero-order chi connectivity index (χ0) is 18.8. The molecule has 1 fully saturated rings. The van der Waals surface area contributed by atoms with Gasteiger partial charge in [0.05, 0.1) is 30.4 Å². The largest absolute Gasteiger partial charge is 0.381 e. The van der Waals surface area contributed by atoms with E-state index in [1.165, 1.54) is 18.2 Å². The number of amides is 2. The third-order valence-electron chi connectivity index (χ3n) is 4.85. The van der Waals surface area contributed by atoms with Gasteiger partial charge < -0.3 is 20.3 Å². The highest BCUT2D eigenvalue weighted by Crippen LogP contribution is 2.22. The number of carbonyl (C=O) groups is 1. The average molecular weight is 394 g/mol. The van der Waals surface area contributed by atoms with E-state index < -0.39 is 5.82 Å². The fraction of sp³-hybridized carbons (Fsp3) is 0.444. The number of hydrogen-bond acceptors (Lipinski definition) is 4. The summed E-state index contributed by atoms with van der Waals surface area (Å²) in [7, 11) is 0. The van der Waals surface area contributed by atoms with Gasteiger partial charge in [0.2, 0.25) is 0 Å². The van der Waals surface area contributed by atoms with Gasteiger partial charge in [0.1, 0.15) is 11.6 Å². The molecule has 9 heteroatoms. The number of nitrogens with one attached hydrogen (secondary N) is 2. The molecule has 1 saturated heterocycles. The molecule has 0 spiro atoms. The first-order chi connectivity index (χ1) is 13.1. The summed E-state index contributed by atoms with van der Waals surface area (Å²) >= 11 is 5.76. The highest BCUT2D eigenvalue weighted by Gasteiger charge is 2.23. The van der Waals surface area contributed by atoms with Crippen LogP contribution in [-0.2, 0) is 17.8 Å². The van der Waals surface area contributed by atoms with Crippen molar-refractivity contribution < 1.29 is 13.9 Å². The van der Waals surface area contributed by atoms with E-state index >= 15 is 0 Å². The van der Waals surface area contributed by atoms with Gasteiger partial charge in [0, 0.05) is 37.4 Å². The smallest absolute Gasteiger partial charge is 0.322 e. The molecule has 1 aromatic heterocycles. The van der Waals surface area contributed by atoms with Crippen LogP contribution in [0.3, 0.4) is 0 Å². The lowest BCUT2D eigenvalue weighted by atomic mass is 10.1. The van der Waals surface area contributed by atoms with Crippen molar-refractivity contribution in [3.05, 3.63) is 40.8 Å². The molecule has 2 aromatic rings. The molecule has 3 heterocycles. The molecule has 1 aromatic carbocycles. The van der Waals surface area contributed by atoms with Crippen LogP contribution in [0.1, 0.15) is 12.1 Å². The van der Waals surface area contributed by atoms with Gasteiger partial charge in [-0.15, -0.1) is 0 Å². The molecule has 27 heavy (non-hydrogen) atoms. The Morgan fingerprint density at radius 3 is 3.04 bits per heavy atom. The number of hydrogen-bond donors (Lipinski definition) is 2. The summed E-state index contributed by atoms with van der Waals surface area (Å²) < 4.78 is 20.5. The van der Waals surface area contributed by atoms with Crippen LogP contribution in [0, 0.1) is 11.7 Å². The Morgan fingerprint density at radius 1 is 1.37 bits per heavy atom. The van der Waals surface area contributed by atoms with Crippen LogP contribution in [0.2, 0.25) is 5.02 Å². The van der Waals surface area contributed by atoms with Crippen molar-refractivity contribution in [2.75, 3.05) is 36.9 Å². The topological polar surface area (TPSA) is 71.4 Å². The Hall–Kier alpha value is -2.32. The number of anilines is 2. The minimum absolute atomic E-state index is 0.0205. The van der Waals surface area contributed by atoms with Crippen LogP contribution >= 0.6 is 11.6 Å². The molecule has 1 unspecified atom stereocenters. The van der Waals surface area contributed by atoms with Crippen molar-refractivity contribution in [2.24, 2.45) is 5.92 Å². The van der Waals surface area contributed by atoms with Gasteiger partial charge in [-0.05, 0) is 24.6 Å². The van der Waals surface area contributed by atoms with Crippen LogP contribution < -0.4 is 10.6 Å². The maximum absolute atomic E-state index is 13.2. The van der Waals surface area contributed by atoms with Gasteiger partial charge in [-0.25, -0.2) is 9.18 Å². The molecule has 0 bridgehead atoms. The number of nitrogens with zero attached hydrogens (tertiary/aromatic N) is 3. The Bertz CT molecular complexity index is 837. The first-order valence-electron chi connectivity index (χ1n) is 8.98. The lowest BCUT2D eigenvalue weighted by Crippen LogP contribution is -2.40. The molecule has 2 aliphatic heterocycles. The van der Waals surface area contributed by atoms with Crippen LogP contribution in [0.5, 0.6) is 0 Å². The second-order valence-electron chi connectivity index (χ2n) is 6.84. The monoisotopic (exact) mass is 393 g/mol. The maximum Gasteiger partial charge on any atom is 0.322 e. The summed E-state index contributed by atoms with van der Waals surface area (Å²) in [6.07, 6.45) is 1.07. The number of urea groups is 1. The van der Waals surface area contributed by atoms with Crippen molar-refractivity contribution in [1.29, 1.82) is 0 Å². The Morgan fingerprint density at radius 2 is 2.26 bits per heavy atom. The molecule has 2 amide bonds. The van der Waals surface area contributed by atoms with E-state index in [-0.39, 0.29) is 11.1 Å². The number of aromatic nitrogens is 2. The average Bonchev–Trinajstić information content (AvgIpc) is 3.31. The molecule has 1 atom stereocenters. The zero-order valence-electron chi connectivity index (χ0n) is 14.8. The molecule has 4 rings (SSSR count). The first kappa shape index (κ1) is 18.1. The molecule has 2 aliphatic rings. The summed E-state index contributed by atoms with van der Waals surface area (Å²) in [4.78, 5) is 14.2. The molecule has 144 valence electrons. The summed E-state index contributed by atoms with van der Waals surface area (Å²) in [6.45, 7) is 4.09. The third-order valence-corrected chi connectivity index (χ3v) is 5.14. The van der Waals surface area contributed by atoms with E-state index in [1.54, 1.807) is 4.90 Å². The predicted molar refractivity (Wildman–Crippen MR) is 100 cm³/mol. The summed E-state index contributed by atoms with van der Waals surface area (Å²) in [5, 5.41) is 10.7. The highest BCUT2D eigenvalue weighted by atomic mass is 35.5. The van der Waals surface area contributed by atoms with Gasteiger partial charge in [-0.1, -0.05) is 11.6 Å². The lowest BCUT2D eigenvalue weighted by molar-refractivity contribution is 0.187. The van der Waals surface area contributed by atoms with Gasteiger partial charge in [0.15, 0.2) is 0 Å². The minimum atomic E-state index is -0.513. The van der Waals surface area contributed by atoms with E-state index in [1.807, 2.05) is 10.7 Å². The van der Waals surface area contributed by atoms with E-state index in [2.05, 4.69) is 15.7 Å². The summed E-state index contributed by atoms with van der Waals surface area (Å²) in [5.74, 6) is 0.832. The zero-order valence-corrected chi connectivity index (χ0v) is 15.5. The fourth-order valence-corrected chi connectivity index (χ4v) is 3.48. The van der Waals surface area contributed by atoms with Gasteiger partial charge in [-0.3, -0.25) is 4.68 Å². The van der Waals surface area contributed by atoms with Gasteiger partial charge in [-0.2, -0.15) is 5.10 Å². The van der Waals surface area contributed by atoms with Crippen molar-refractivity contribution in [3.63, 3.8) is 0 Å². The standard InChI is InChI=1S/C18H21ClFN5O2/c19-15-7-13(1-2-16(15)20)22-18(26)24-4-5-25-14(10-24)8-17(23-25)21-9-12-3-6-27-11-12/h1-2,7-8,12H,3-6,9-11H2,(H,21,23)(H,22,26). The second-order valence-corrected chi connectivity index (χ2v) is 7.24. The van der Waals surface area contributed by atoms with Crippen molar-refractivity contribution >= 4 is 29.1 Å². The SMILES string of the molecule is O=C(Nc1ccc(F)c(Cl)c1)N1CCn2nc(NCC3CCOC3)cc2C1. The molecule has 0 saturated carbocycles. The molecule has 0 aliphatic carbocycles. The van der Waals surface area contributed by atoms with Crippen LogP contribution in [0.25, 0.3) is 0 Å². The van der Waals surface area contributed by atoms with Crippen LogP contribution in [0.4, 0.5) is 20.7 Å².